The summed E-state index contributed by atoms with van der Waals surface area (Å²) in [5.74, 6) is -0.929. The summed E-state index contributed by atoms with van der Waals surface area (Å²) >= 11 is 0. The predicted octanol–water partition coefficient (Wildman–Crippen LogP) is 6.32. The Balaban J connectivity index is 2.19. The highest BCUT2D eigenvalue weighted by atomic mass is 31.2. The zero-order chi connectivity index (χ0) is 36.5. The van der Waals surface area contributed by atoms with Crippen LogP contribution in [-0.4, -0.2) is 80.9 Å². The highest BCUT2D eigenvalue weighted by Crippen LogP contribution is 2.42. The summed E-state index contributed by atoms with van der Waals surface area (Å²) in [4.78, 5) is 51.1. The smallest absolute Gasteiger partial charge is 0.412 e. The molecular weight excluding hydrogens is 653 g/mol. The summed E-state index contributed by atoms with van der Waals surface area (Å²) in [6.45, 7) is 15.2. The fraction of sp³-hybridized carbons (Fsp3) is 0.758. The molecule has 0 aliphatic carbocycles. The lowest BCUT2D eigenvalue weighted by Crippen LogP contribution is -2.54. The van der Waals surface area contributed by atoms with Crippen molar-refractivity contribution in [2.75, 3.05) is 31.5 Å². The van der Waals surface area contributed by atoms with Crippen molar-refractivity contribution in [1.82, 2.24) is 29.7 Å². The molecule has 2 aromatic heterocycles. The zero-order valence-electron chi connectivity index (χ0n) is 30.6. The third kappa shape index (κ3) is 14.3. The Kier molecular flexibility index (Phi) is 17.6. The van der Waals surface area contributed by atoms with Crippen LogP contribution in [0, 0.1) is 0 Å². The van der Waals surface area contributed by atoms with Gasteiger partial charge in [0.2, 0.25) is 7.44 Å². The molecule has 0 aromatic carbocycles. The van der Waals surface area contributed by atoms with E-state index in [1.807, 2.05) is 6.92 Å². The Morgan fingerprint density at radius 1 is 0.796 bits per heavy atom. The summed E-state index contributed by atoms with van der Waals surface area (Å²) in [7, 11) is -3.83. The number of carbonyl (C=O) groups is 3. The van der Waals surface area contributed by atoms with Crippen molar-refractivity contribution in [3.8, 4) is 0 Å². The molecule has 1 atom stereocenters. The number of esters is 2. The molecule has 2 heterocycles. The van der Waals surface area contributed by atoms with Gasteiger partial charge in [-0.25, -0.2) is 29.9 Å². The number of ether oxygens (including phenoxy) is 4. The van der Waals surface area contributed by atoms with Crippen LogP contribution in [0.15, 0.2) is 12.7 Å². The number of rotatable bonds is 24. The summed E-state index contributed by atoms with van der Waals surface area (Å²) in [6, 6.07) is 0. The number of fused-ring (bicyclic) bond motifs is 1. The van der Waals surface area contributed by atoms with Gasteiger partial charge in [0.1, 0.15) is 23.8 Å². The van der Waals surface area contributed by atoms with Crippen LogP contribution in [0.1, 0.15) is 113 Å². The first-order valence-corrected chi connectivity index (χ1v) is 19.3. The van der Waals surface area contributed by atoms with Gasteiger partial charge in [-0.1, -0.05) is 59.3 Å². The van der Waals surface area contributed by atoms with Gasteiger partial charge in [0.15, 0.2) is 17.0 Å². The molecule has 2 rings (SSSR count). The second-order valence-electron chi connectivity index (χ2n) is 13.3. The van der Waals surface area contributed by atoms with Crippen LogP contribution < -0.4 is 15.5 Å². The largest absolute Gasteiger partial charge is 0.464 e. The maximum absolute atomic E-state index is 14.6. The molecular formula is C33H58N7O8P. The van der Waals surface area contributed by atoms with Crippen LogP contribution in [-0.2, 0) is 39.6 Å². The van der Waals surface area contributed by atoms with E-state index in [1.165, 1.54) is 12.7 Å². The Morgan fingerprint density at radius 2 is 1.37 bits per heavy atom. The third-order valence-corrected chi connectivity index (χ3v) is 9.81. The fourth-order valence-electron chi connectivity index (χ4n) is 4.83. The minimum atomic E-state index is -3.83. The molecule has 0 unspecified atom stereocenters. The van der Waals surface area contributed by atoms with Crippen LogP contribution >= 0.6 is 7.44 Å². The van der Waals surface area contributed by atoms with E-state index < -0.39 is 42.7 Å². The summed E-state index contributed by atoms with van der Waals surface area (Å²) in [5, 5.41) is 8.48. The minimum Gasteiger partial charge on any atom is -0.464 e. The van der Waals surface area contributed by atoms with Crippen LogP contribution in [0.3, 0.4) is 0 Å². The van der Waals surface area contributed by atoms with E-state index in [4.69, 9.17) is 18.9 Å². The van der Waals surface area contributed by atoms with Crippen molar-refractivity contribution >= 4 is 42.5 Å². The van der Waals surface area contributed by atoms with E-state index in [0.29, 0.717) is 17.6 Å². The van der Waals surface area contributed by atoms with Crippen molar-refractivity contribution < 1.29 is 37.9 Å². The Hall–Kier alpha value is -3.13. The zero-order valence-corrected chi connectivity index (χ0v) is 31.5. The molecule has 0 saturated heterocycles. The number of aromatic nitrogens is 4. The van der Waals surface area contributed by atoms with E-state index in [2.05, 4.69) is 44.3 Å². The molecule has 0 aliphatic heterocycles. The maximum Gasteiger partial charge on any atom is 0.412 e. The molecule has 0 spiro atoms. The SMILES string of the molecule is CCCCCCOC(=O)C(C)(C)NP(=O)(CO[C@H](C)Cn1cnc2c(NC(=O)OCCC)ncnc21)NC(C)(C)C(=O)OCCCCCC. The number of amides is 1. The molecule has 3 N–H and O–H groups in total. The molecule has 0 aliphatic rings. The summed E-state index contributed by atoms with van der Waals surface area (Å²) in [6.07, 6.45) is 9.55. The number of carbonyl (C=O) groups excluding carboxylic acids is 3. The maximum atomic E-state index is 14.6. The lowest BCUT2D eigenvalue weighted by molar-refractivity contribution is -0.149. The van der Waals surface area contributed by atoms with Gasteiger partial charge in [0, 0.05) is 0 Å². The second-order valence-corrected chi connectivity index (χ2v) is 15.5. The lowest BCUT2D eigenvalue weighted by Gasteiger charge is -2.35. The first-order valence-electron chi connectivity index (χ1n) is 17.4. The van der Waals surface area contributed by atoms with Crippen molar-refractivity contribution in [3.63, 3.8) is 0 Å². The number of unbranched alkanes of at least 4 members (excludes halogenated alkanes) is 6. The van der Waals surface area contributed by atoms with Crippen molar-refractivity contribution in [2.45, 2.75) is 137 Å². The van der Waals surface area contributed by atoms with Gasteiger partial charge in [-0.3, -0.25) is 19.5 Å². The molecule has 0 fully saturated rings. The van der Waals surface area contributed by atoms with E-state index in [-0.39, 0.29) is 38.5 Å². The van der Waals surface area contributed by atoms with Gasteiger partial charge >= 0.3 is 18.0 Å². The molecule has 16 heteroatoms. The third-order valence-electron chi connectivity index (χ3n) is 7.46. The van der Waals surface area contributed by atoms with Crippen molar-refractivity contribution in [1.29, 1.82) is 0 Å². The Morgan fingerprint density at radius 3 is 1.90 bits per heavy atom. The Bertz CT molecular complexity index is 1340. The average Bonchev–Trinajstić information content (AvgIpc) is 3.45. The van der Waals surface area contributed by atoms with Gasteiger partial charge in [-0.05, 0) is 53.9 Å². The Labute approximate surface area is 290 Å². The minimum absolute atomic E-state index is 0.204. The van der Waals surface area contributed by atoms with E-state index in [0.717, 1.165) is 51.4 Å². The highest BCUT2D eigenvalue weighted by molar-refractivity contribution is 7.59. The topological polar surface area (TPSA) is 185 Å². The number of hydrogen-bond acceptors (Lipinski definition) is 11. The molecule has 278 valence electrons. The number of nitrogens with one attached hydrogen (secondary N) is 3. The molecule has 15 nitrogen and oxygen atoms in total. The van der Waals surface area contributed by atoms with Gasteiger partial charge < -0.3 is 23.5 Å². The molecule has 0 bridgehead atoms. The predicted molar refractivity (Wildman–Crippen MR) is 188 cm³/mol. The average molecular weight is 712 g/mol. The molecule has 0 saturated carbocycles. The monoisotopic (exact) mass is 711 g/mol. The lowest BCUT2D eigenvalue weighted by atomic mass is 10.1. The number of nitrogens with zero attached hydrogens (tertiary/aromatic N) is 4. The van der Waals surface area contributed by atoms with Crippen LogP contribution in [0.5, 0.6) is 0 Å². The molecule has 49 heavy (non-hydrogen) atoms. The van der Waals surface area contributed by atoms with Gasteiger partial charge in [-0.2, -0.15) is 0 Å². The van der Waals surface area contributed by atoms with Crippen molar-refractivity contribution in [2.24, 2.45) is 0 Å². The fourth-order valence-corrected chi connectivity index (χ4v) is 7.47. The number of hydrogen-bond donors (Lipinski definition) is 3. The molecule has 0 radical (unpaired) electrons. The highest BCUT2D eigenvalue weighted by Gasteiger charge is 2.43. The quantitative estimate of drug-likeness (QED) is 0.0476. The van der Waals surface area contributed by atoms with Gasteiger partial charge in [-0.15, -0.1) is 0 Å². The van der Waals surface area contributed by atoms with Gasteiger partial charge in [0.25, 0.3) is 0 Å². The summed E-state index contributed by atoms with van der Waals surface area (Å²) in [5.41, 5.74) is -1.94. The molecule has 1 amide bonds. The molecule has 2 aromatic rings. The second kappa shape index (κ2) is 20.5. The summed E-state index contributed by atoms with van der Waals surface area (Å²) < 4.78 is 38.5. The van der Waals surface area contributed by atoms with Crippen LogP contribution in [0.4, 0.5) is 10.6 Å². The van der Waals surface area contributed by atoms with Crippen LogP contribution in [0.25, 0.3) is 11.2 Å². The van der Waals surface area contributed by atoms with E-state index in [1.54, 1.807) is 39.2 Å². The van der Waals surface area contributed by atoms with Crippen molar-refractivity contribution in [3.05, 3.63) is 12.7 Å². The first kappa shape index (κ1) is 42.0. The van der Waals surface area contributed by atoms with E-state index in [9.17, 15) is 18.9 Å². The standard InChI is InChI=1S/C33H58N7O8P/c1-9-12-14-16-19-45-29(41)32(5,6)38-49(44,39-33(7,8)30(42)46-20-17-15-13-10-2)24-48-25(4)21-40-23-36-26-27(34-22-35-28(26)40)37-31(43)47-18-11-3/h22-23,25H,9-21,24H2,1-8H3,(H2,38,39,44)(H,34,35,37,43)/t25-/m1/s1. The normalized spacial score (nSPS) is 12.9. The first-order chi connectivity index (χ1) is 23.2. The van der Waals surface area contributed by atoms with Crippen LogP contribution in [0.2, 0.25) is 0 Å². The van der Waals surface area contributed by atoms with Gasteiger partial charge in [0.05, 0.1) is 38.8 Å². The number of imidazole rings is 1. The van der Waals surface area contributed by atoms with E-state index >= 15 is 0 Å². The number of anilines is 1.